The van der Waals surface area contributed by atoms with E-state index in [1.165, 1.54) is 30.9 Å². The van der Waals surface area contributed by atoms with Crippen LogP contribution in [0.2, 0.25) is 10.0 Å². The molecule has 0 radical (unpaired) electrons. The Morgan fingerprint density at radius 1 is 1.12 bits per heavy atom. The second kappa shape index (κ2) is 7.88. The number of benzene rings is 2. The number of hydrogen-bond acceptors (Lipinski definition) is 5. The SMILES string of the molecule is COc1cc(/C=C2/SC(=S)N(c3ccc(Cl)cc3)C2=O)cc(Cl)c1OC. The van der Waals surface area contributed by atoms with Gasteiger partial charge in [0.25, 0.3) is 5.91 Å². The third-order valence-electron chi connectivity index (χ3n) is 3.63. The van der Waals surface area contributed by atoms with Gasteiger partial charge in [0.15, 0.2) is 15.8 Å². The van der Waals surface area contributed by atoms with Gasteiger partial charge in [0, 0.05) is 5.02 Å². The van der Waals surface area contributed by atoms with Crippen molar-refractivity contribution in [3.8, 4) is 11.5 Å². The van der Waals surface area contributed by atoms with Crippen molar-refractivity contribution in [3.05, 3.63) is 56.9 Å². The first-order valence-corrected chi connectivity index (χ1v) is 9.37. The Hall–Kier alpha value is -1.73. The lowest BCUT2D eigenvalue weighted by Crippen LogP contribution is -2.27. The summed E-state index contributed by atoms with van der Waals surface area (Å²) in [6.07, 6.45) is 1.73. The Balaban J connectivity index is 1.95. The zero-order valence-corrected chi connectivity index (χ0v) is 16.9. The number of rotatable bonds is 4. The lowest BCUT2D eigenvalue weighted by Gasteiger charge is -2.14. The van der Waals surface area contributed by atoms with Crippen LogP contribution in [0, 0.1) is 0 Å². The molecule has 2 aromatic carbocycles. The summed E-state index contributed by atoms with van der Waals surface area (Å²) in [6.45, 7) is 0. The molecule has 134 valence electrons. The van der Waals surface area contributed by atoms with Crippen LogP contribution in [0.15, 0.2) is 41.3 Å². The molecule has 1 fully saturated rings. The quantitative estimate of drug-likeness (QED) is 0.483. The van der Waals surface area contributed by atoms with Crippen LogP contribution in [0.25, 0.3) is 6.08 Å². The minimum absolute atomic E-state index is 0.201. The highest BCUT2D eigenvalue weighted by atomic mass is 35.5. The zero-order valence-electron chi connectivity index (χ0n) is 13.8. The van der Waals surface area contributed by atoms with E-state index in [0.29, 0.717) is 42.0 Å². The summed E-state index contributed by atoms with van der Waals surface area (Å²) in [7, 11) is 3.04. The van der Waals surface area contributed by atoms with E-state index in [1.807, 2.05) is 0 Å². The number of thioether (sulfide) groups is 1. The van der Waals surface area contributed by atoms with E-state index in [2.05, 4.69) is 0 Å². The van der Waals surface area contributed by atoms with Gasteiger partial charge in [-0.2, -0.15) is 0 Å². The van der Waals surface area contributed by atoms with E-state index in [1.54, 1.807) is 42.5 Å². The summed E-state index contributed by atoms with van der Waals surface area (Å²) in [6, 6.07) is 10.4. The highest BCUT2D eigenvalue weighted by Crippen LogP contribution is 2.39. The lowest BCUT2D eigenvalue weighted by atomic mass is 10.1. The number of methoxy groups -OCH3 is 2. The van der Waals surface area contributed by atoms with Crippen LogP contribution in [0.3, 0.4) is 0 Å². The minimum atomic E-state index is -0.201. The topological polar surface area (TPSA) is 38.8 Å². The van der Waals surface area contributed by atoms with Crippen molar-refractivity contribution in [3.63, 3.8) is 0 Å². The molecule has 2 aromatic rings. The molecule has 0 atom stereocenters. The number of hydrogen-bond donors (Lipinski definition) is 0. The molecule has 0 unspecified atom stereocenters. The number of thiocarbonyl (C=S) groups is 1. The van der Waals surface area contributed by atoms with E-state index in [-0.39, 0.29) is 5.91 Å². The van der Waals surface area contributed by atoms with Crippen molar-refractivity contribution in [2.45, 2.75) is 0 Å². The van der Waals surface area contributed by atoms with Gasteiger partial charge in [-0.3, -0.25) is 9.69 Å². The molecule has 1 aliphatic rings. The number of ether oxygens (including phenoxy) is 2. The first-order valence-electron chi connectivity index (χ1n) is 7.39. The molecule has 1 amide bonds. The molecular weight excluding hydrogens is 413 g/mol. The van der Waals surface area contributed by atoms with Crippen LogP contribution in [0.5, 0.6) is 11.5 Å². The molecule has 1 saturated heterocycles. The second-order valence-corrected chi connectivity index (χ2v) is 7.75. The molecule has 0 aromatic heterocycles. The molecule has 3 rings (SSSR count). The molecular formula is C18H13Cl2NO3S2. The van der Waals surface area contributed by atoms with Crippen molar-refractivity contribution < 1.29 is 14.3 Å². The first-order chi connectivity index (χ1) is 12.4. The number of halogens is 2. The van der Waals surface area contributed by atoms with E-state index in [9.17, 15) is 4.79 Å². The van der Waals surface area contributed by atoms with Gasteiger partial charge in [-0.1, -0.05) is 47.2 Å². The largest absolute Gasteiger partial charge is 0.493 e. The van der Waals surface area contributed by atoms with Crippen molar-refractivity contribution in [1.29, 1.82) is 0 Å². The van der Waals surface area contributed by atoms with Gasteiger partial charge >= 0.3 is 0 Å². The smallest absolute Gasteiger partial charge is 0.270 e. The maximum Gasteiger partial charge on any atom is 0.270 e. The van der Waals surface area contributed by atoms with Gasteiger partial charge in [0.2, 0.25) is 0 Å². The van der Waals surface area contributed by atoms with Gasteiger partial charge in [-0.25, -0.2) is 0 Å². The van der Waals surface area contributed by atoms with Crippen molar-refractivity contribution in [2.24, 2.45) is 0 Å². The van der Waals surface area contributed by atoms with Crippen LogP contribution in [0.4, 0.5) is 5.69 Å². The number of amides is 1. The Labute approximate surface area is 170 Å². The van der Waals surface area contributed by atoms with E-state index >= 15 is 0 Å². The Bertz CT molecular complexity index is 913. The minimum Gasteiger partial charge on any atom is -0.493 e. The normalized spacial score (nSPS) is 15.7. The van der Waals surface area contributed by atoms with Crippen LogP contribution in [-0.4, -0.2) is 24.4 Å². The maximum atomic E-state index is 12.8. The molecule has 0 saturated carbocycles. The van der Waals surface area contributed by atoms with E-state index in [4.69, 9.17) is 44.9 Å². The third-order valence-corrected chi connectivity index (χ3v) is 5.47. The van der Waals surface area contributed by atoms with Gasteiger partial charge in [-0.05, 0) is 48.0 Å². The molecule has 26 heavy (non-hydrogen) atoms. The highest BCUT2D eigenvalue weighted by molar-refractivity contribution is 8.27. The predicted octanol–water partition coefficient (Wildman–Crippen LogP) is 5.42. The maximum absolute atomic E-state index is 12.8. The number of nitrogens with zero attached hydrogens (tertiary/aromatic N) is 1. The van der Waals surface area contributed by atoms with Crippen LogP contribution in [0.1, 0.15) is 5.56 Å². The Morgan fingerprint density at radius 2 is 1.81 bits per heavy atom. The summed E-state index contributed by atoms with van der Waals surface area (Å²) >= 11 is 18.7. The van der Waals surface area contributed by atoms with Gasteiger partial charge in [0.05, 0.1) is 29.8 Å². The fraction of sp³-hybridized carbons (Fsp3) is 0.111. The Morgan fingerprint density at radius 3 is 2.42 bits per heavy atom. The zero-order chi connectivity index (χ0) is 18.8. The number of carbonyl (C=O) groups is 1. The summed E-state index contributed by atoms with van der Waals surface area (Å²) in [5, 5.41) is 0.987. The highest BCUT2D eigenvalue weighted by Gasteiger charge is 2.33. The van der Waals surface area contributed by atoms with E-state index < -0.39 is 0 Å². The fourth-order valence-corrected chi connectivity index (χ4v) is 4.17. The molecule has 4 nitrogen and oxygen atoms in total. The fourth-order valence-electron chi connectivity index (χ4n) is 2.45. The summed E-state index contributed by atoms with van der Waals surface area (Å²) < 4.78 is 11.0. The second-order valence-electron chi connectivity index (χ2n) is 5.23. The van der Waals surface area contributed by atoms with Crippen molar-refractivity contribution in [2.75, 3.05) is 19.1 Å². The molecule has 8 heteroatoms. The summed E-state index contributed by atoms with van der Waals surface area (Å²) in [4.78, 5) is 14.8. The van der Waals surface area contributed by atoms with E-state index in [0.717, 1.165) is 0 Å². The molecule has 0 aliphatic carbocycles. The summed E-state index contributed by atoms with van der Waals surface area (Å²) in [5.41, 5.74) is 1.38. The monoisotopic (exact) mass is 425 g/mol. The summed E-state index contributed by atoms with van der Waals surface area (Å²) in [5.74, 6) is 0.729. The number of carbonyl (C=O) groups excluding carboxylic acids is 1. The molecule has 0 bridgehead atoms. The number of anilines is 1. The molecule has 1 aliphatic heterocycles. The predicted molar refractivity (Wildman–Crippen MR) is 112 cm³/mol. The lowest BCUT2D eigenvalue weighted by molar-refractivity contribution is -0.113. The van der Waals surface area contributed by atoms with Crippen molar-refractivity contribution in [1.82, 2.24) is 0 Å². The molecule has 0 N–H and O–H groups in total. The first kappa shape index (κ1) is 19.0. The van der Waals surface area contributed by atoms with Crippen LogP contribution < -0.4 is 14.4 Å². The third kappa shape index (κ3) is 3.69. The van der Waals surface area contributed by atoms with Crippen molar-refractivity contribution >= 4 is 69.2 Å². The van der Waals surface area contributed by atoms with Gasteiger partial charge in [0.1, 0.15) is 0 Å². The van der Waals surface area contributed by atoms with Crippen LogP contribution in [-0.2, 0) is 4.79 Å². The average molecular weight is 426 g/mol. The van der Waals surface area contributed by atoms with Crippen LogP contribution >= 0.6 is 47.2 Å². The standard InChI is InChI=1S/C18H13Cl2NO3S2/c1-23-14-8-10(7-13(20)16(14)24-2)9-15-17(22)21(18(25)26-15)12-5-3-11(19)4-6-12/h3-9H,1-2H3/b15-9+. The van der Waals surface area contributed by atoms with Gasteiger partial charge < -0.3 is 9.47 Å². The molecule has 1 heterocycles. The average Bonchev–Trinajstić information content (AvgIpc) is 2.89. The molecule has 0 spiro atoms. The van der Waals surface area contributed by atoms with Gasteiger partial charge in [-0.15, -0.1) is 0 Å². The Kier molecular flexibility index (Phi) is 5.77.